The third-order valence-corrected chi connectivity index (χ3v) is 3.49. The first-order chi connectivity index (χ1) is 7.72. The molecular formula is C12H13FN2S. The quantitative estimate of drug-likeness (QED) is 0.889. The Hall–Kier alpha value is -1.26. The molecule has 16 heavy (non-hydrogen) atoms. The van der Waals surface area contributed by atoms with Gasteiger partial charge >= 0.3 is 0 Å². The van der Waals surface area contributed by atoms with Crippen LogP contribution in [0.15, 0.2) is 29.8 Å². The molecule has 0 amide bonds. The highest BCUT2D eigenvalue weighted by Crippen LogP contribution is 2.27. The fourth-order valence-electron chi connectivity index (χ4n) is 1.55. The van der Waals surface area contributed by atoms with E-state index in [0.29, 0.717) is 0 Å². The monoisotopic (exact) mass is 236 g/mol. The Kier molecular flexibility index (Phi) is 3.31. The number of nitrogens with two attached hydrogens (primary N) is 1. The van der Waals surface area contributed by atoms with Crippen LogP contribution in [0.25, 0.3) is 10.4 Å². The van der Waals surface area contributed by atoms with Crippen molar-refractivity contribution in [3.8, 4) is 10.4 Å². The maximum Gasteiger partial charge on any atom is 0.109 e. The number of aryl methyl sites for hydroxylation is 1. The summed E-state index contributed by atoms with van der Waals surface area (Å²) in [5.74, 6) is 0. The number of hydrogen-bond acceptors (Lipinski definition) is 3. The fraction of sp³-hybridized carbons (Fsp3) is 0.250. The first-order valence-electron chi connectivity index (χ1n) is 5.04. The van der Waals surface area contributed by atoms with E-state index in [2.05, 4.69) is 4.98 Å². The highest BCUT2D eigenvalue weighted by Gasteiger charge is 2.07. The van der Waals surface area contributed by atoms with Gasteiger partial charge < -0.3 is 5.73 Å². The maximum absolute atomic E-state index is 12.4. The van der Waals surface area contributed by atoms with Crippen LogP contribution in [0.3, 0.4) is 0 Å². The Labute approximate surface area is 97.9 Å². The van der Waals surface area contributed by atoms with Gasteiger partial charge in [-0.1, -0.05) is 24.3 Å². The summed E-state index contributed by atoms with van der Waals surface area (Å²) in [5.41, 5.74) is 10.4. The molecule has 2 nitrogen and oxygen atoms in total. The second-order valence-corrected chi connectivity index (χ2v) is 4.50. The molecule has 0 fully saturated rings. The molecule has 0 saturated carbocycles. The van der Waals surface area contributed by atoms with Crippen LogP contribution in [0.5, 0.6) is 0 Å². The molecule has 2 N–H and O–H groups in total. The van der Waals surface area contributed by atoms with Crippen molar-refractivity contribution < 1.29 is 4.39 Å². The number of aromatic nitrogens is 1. The summed E-state index contributed by atoms with van der Waals surface area (Å²) in [6.45, 7) is 1.45. The number of halogens is 1. The summed E-state index contributed by atoms with van der Waals surface area (Å²) in [5, 5.41) is 0. The number of hydrogen-bond donors (Lipinski definition) is 1. The lowest BCUT2D eigenvalue weighted by Gasteiger charge is -2.07. The van der Waals surface area contributed by atoms with E-state index in [1.807, 2.05) is 36.7 Å². The second kappa shape index (κ2) is 4.72. The zero-order chi connectivity index (χ0) is 11.5. The molecule has 1 atom stereocenters. The van der Waals surface area contributed by atoms with E-state index >= 15 is 0 Å². The number of alkyl halides is 1. The van der Waals surface area contributed by atoms with E-state index in [1.165, 1.54) is 0 Å². The van der Waals surface area contributed by atoms with Gasteiger partial charge in [0, 0.05) is 0 Å². The van der Waals surface area contributed by atoms with Crippen molar-refractivity contribution >= 4 is 11.3 Å². The van der Waals surface area contributed by atoms with Crippen LogP contribution in [0.4, 0.5) is 4.39 Å². The Morgan fingerprint density at radius 1 is 1.38 bits per heavy atom. The lowest BCUT2D eigenvalue weighted by Crippen LogP contribution is -2.11. The molecule has 0 saturated heterocycles. The van der Waals surface area contributed by atoms with Crippen LogP contribution in [-0.4, -0.2) is 11.7 Å². The minimum absolute atomic E-state index is 0.517. The van der Waals surface area contributed by atoms with Gasteiger partial charge in [0.1, 0.15) is 6.67 Å². The molecule has 0 spiro atoms. The van der Waals surface area contributed by atoms with Crippen LogP contribution in [-0.2, 0) is 0 Å². The van der Waals surface area contributed by atoms with Gasteiger partial charge in [-0.2, -0.15) is 0 Å². The number of rotatable bonds is 3. The van der Waals surface area contributed by atoms with Gasteiger partial charge in [0.05, 0.1) is 22.1 Å². The van der Waals surface area contributed by atoms with Crippen LogP contribution in [0.2, 0.25) is 0 Å². The van der Waals surface area contributed by atoms with Crippen LogP contribution in [0.1, 0.15) is 17.3 Å². The van der Waals surface area contributed by atoms with E-state index in [4.69, 9.17) is 5.73 Å². The molecule has 1 heterocycles. The molecule has 84 valence electrons. The first-order valence-corrected chi connectivity index (χ1v) is 5.92. The molecule has 1 aromatic carbocycles. The summed E-state index contributed by atoms with van der Waals surface area (Å²) in [6.07, 6.45) is 0. The van der Waals surface area contributed by atoms with Crippen molar-refractivity contribution in [3.05, 3.63) is 41.0 Å². The highest BCUT2D eigenvalue weighted by molar-refractivity contribution is 7.13. The zero-order valence-corrected chi connectivity index (χ0v) is 9.80. The van der Waals surface area contributed by atoms with E-state index < -0.39 is 12.7 Å². The van der Waals surface area contributed by atoms with Crippen molar-refractivity contribution in [1.82, 2.24) is 4.98 Å². The molecule has 0 aliphatic heterocycles. The summed E-state index contributed by atoms with van der Waals surface area (Å²) < 4.78 is 12.4. The van der Waals surface area contributed by atoms with E-state index in [0.717, 1.165) is 21.7 Å². The van der Waals surface area contributed by atoms with Gasteiger partial charge in [-0.15, -0.1) is 11.3 Å². The van der Waals surface area contributed by atoms with Crippen molar-refractivity contribution in [2.24, 2.45) is 5.73 Å². The van der Waals surface area contributed by atoms with Crippen molar-refractivity contribution in [1.29, 1.82) is 0 Å². The third-order valence-electron chi connectivity index (χ3n) is 2.51. The topological polar surface area (TPSA) is 38.9 Å². The molecule has 0 aliphatic carbocycles. The minimum Gasteiger partial charge on any atom is -0.322 e. The van der Waals surface area contributed by atoms with E-state index in [9.17, 15) is 4.39 Å². The molecule has 2 rings (SSSR count). The van der Waals surface area contributed by atoms with E-state index in [1.54, 1.807) is 11.3 Å². The van der Waals surface area contributed by atoms with Gasteiger partial charge in [-0.3, -0.25) is 0 Å². The summed E-state index contributed by atoms with van der Waals surface area (Å²) >= 11 is 1.61. The largest absolute Gasteiger partial charge is 0.322 e. The predicted molar refractivity (Wildman–Crippen MR) is 65.2 cm³/mol. The van der Waals surface area contributed by atoms with Gasteiger partial charge in [0.25, 0.3) is 0 Å². The maximum atomic E-state index is 12.4. The molecule has 0 unspecified atom stereocenters. The molecule has 0 radical (unpaired) electrons. The van der Waals surface area contributed by atoms with Gasteiger partial charge in [-0.05, 0) is 18.1 Å². The Morgan fingerprint density at radius 2 is 2.06 bits per heavy atom. The van der Waals surface area contributed by atoms with Crippen molar-refractivity contribution in [3.63, 3.8) is 0 Å². The van der Waals surface area contributed by atoms with Crippen LogP contribution >= 0.6 is 11.3 Å². The fourth-order valence-corrected chi connectivity index (χ4v) is 2.36. The zero-order valence-electron chi connectivity index (χ0n) is 8.98. The standard InChI is InChI=1S/C12H13FN2S/c1-8-12(16-7-15-8)10-4-2-9(3-5-10)11(14)6-13/h2-5,7,11H,6,14H2,1H3/t11-/m0/s1. The molecule has 0 bridgehead atoms. The van der Waals surface area contributed by atoms with Crippen LogP contribution < -0.4 is 5.73 Å². The second-order valence-electron chi connectivity index (χ2n) is 3.65. The average Bonchev–Trinajstić information content (AvgIpc) is 2.75. The molecular weight excluding hydrogens is 223 g/mol. The van der Waals surface area contributed by atoms with Crippen LogP contribution in [0, 0.1) is 6.92 Å². The number of nitrogens with zero attached hydrogens (tertiary/aromatic N) is 1. The number of thiazole rings is 1. The van der Waals surface area contributed by atoms with Gasteiger partial charge in [0.2, 0.25) is 0 Å². The average molecular weight is 236 g/mol. The summed E-state index contributed by atoms with van der Waals surface area (Å²) in [7, 11) is 0. The Balaban J connectivity index is 2.30. The number of benzene rings is 1. The predicted octanol–water partition coefficient (Wildman–Crippen LogP) is 3.09. The summed E-state index contributed by atoms with van der Waals surface area (Å²) in [6, 6.07) is 7.16. The normalized spacial score (nSPS) is 12.7. The van der Waals surface area contributed by atoms with E-state index in [-0.39, 0.29) is 0 Å². The van der Waals surface area contributed by atoms with Gasteiger partial charge in [-0.25, -0.2) is 9.37 Å². The minimum atomic E-state index is -0.529. The third kappa shape index (κ3) is 2.13. The smallest absolute Gasteiger partial charge is 0.109 e. The van der Waals surface area contributed by atoms with Crippen molar-refractivity contribution in [2.45, 2.75) is 13.0 Å². The van der Waals surface area contributed by atoms with Crippen molar-refractivity contribution in [2.75, 3.05) is 6.67 Å². The SMILES string of the molecule is Cc1ncsc1-c1ccc([C@@H](N)CF)cc1. The molecule has 1 aromatic heterocycles. The molecule has 2 aromatic rings. The highest BCUT2D eigenvalue weighted by atomic mass is 32.1. The first kappa shape index (κ1) is 11.2. The Morgan fingerprint density at radius 3 is 2.56 bits per heavy atom. The lowest BCUT2D eigenvalue weighted by atomic mass is 10.1. The molecule has 4 heteroatoms. The van der Waals surface area contributed by atoms with Gasteiger partial charge in [0.15, 0.2) is 0 Å². The Bertz CT molecular complexity index is 464. The summed E-state index contributed by atoms with van der Waals surface area (Å²) in [4.78, 5) is 5.35. The molecule has 0 aliphatic rings. The lowest BCUT2D eigenvalue weighted by molar-refractivity contribution is 0.437.